The van der Waals surface area contributed by atoms with Crippen molar-refractivity contribution in [3.8, 4) is 0 Å². The minimum Gasteiger partial charge on any atom is -0.348 e. The van der Waals surface area contributed by atoms with Crippen molar-refractivity contribution in [1.82, 2.24) is 15.5 Å². The number of carbonyl (C=O) groups excluding carboxylic acids is 2. The molecule has 2 N–H and O–H groups in total. The second-order valence-electron chi connectivity index (χ2n) is 6.24. The molecule has 0 aliphatic heterocycles. The fourth-order valence-corrected chi connectivity index (χ4v) is 3.26. The fourth-order valence-electron chi connectivity index (χ4n) is 2.59. The average Bonchev–Trinajstić information content (AvgIpc) is 3.22. The third-order valence-electron chi connectivity index (χ3n) is 4.23. The summed E-state index contributed by atoms with van der Waals surface area (Å²) < 4.78 is 0. The predicted molar refractivity (Wildman–Crippen MR) is 111 cm³/mol. The third kappa shape index (κ3) is 5.01. The summed E-state index contributed by atoms with van der Waals surface area (Å²) in [6.07, 6.45) is 1.73. The Hall–Kier alpha value is -3.06. The molecule has 0 unspecified atom stereocenters. The standard InChI is InChI=1S/C21H22N4O2S/c1-3-14-8-10-15(11-9-14)13-22-19(26)16-6-5-7-17(12-16)23-20(27)21-25-24-18(4-2)28-21/h5-12H,3-4,13H2,1-2H3,(H,22,26)(H,23,27). The lowest BCUT2D eigenvalue weighted by molar-refractivity contribution is 0.0949. The molecule has 2 aromatic carbocycles. The Morgan fingerprint density at radius 3 is 2.36 bits per heavy atom. The van der Waals surface area contributed by atoms with E-state index < -0.39 is 0 Å². The van der Waals surface area contributed by atoms with Crippen LogP contribution >= 0.6 is 11.3 Å². The van der Waals surface area contributed by atoms with Gasteiger partial charge in [0.25, 0.3) is 11.8 Å². The zero-order valence-corrected chi connectivity index (χ0v) is 16.7. The summed E-state index contributed by atoms with van der Waals surface area (Å²) in [5, 5.41) is 14.6. The van der Waals surface area contributed by atoms with Crippen LogP contribution in [0.25, 0.3) is 0 Å². The molecule has 6 nitrogen and oxygen atoms in total. The molecule has 0 aliphatic rings. The molecule has 0 atom stereocenters. The van der Waals surface area contributed by atoms with Crippen LogP contribution in [0.1, 0.15) is 50.1 Å². The van der Waals surface area contributed by atoms with Crippen molar-refractivity contribution in [2.24, 2.45) is 0 Å². The molecule has 0 aliphatic carbocycles. The topological polar surface area (TPSA) is 84.0 Å². The molecule has 7 heteroatoms. The number of hydrogen-bond donors (Lipinski definition) is 2. The highest BCUT2D eigenvalue weighted by Crippen LogP contribution is 2.15. The van der Waals surface area contributed by atoms with E-state index in [1.807, 2.05) is 19.1 Å². The molecule has 28 heavy (non-hydrogen) atoms. The minimum atomic E-state index is -0.328. The largest absolute Gasteiger partial charge is 0.348 e. The molecule has 1 aromatic heterocycles. The number of hydrogen-bond acceptors (Lipinski definition) is 5. The Kier molecular flexibility index (Phi) is 6.49. The lowest BCUT2D eigenvalue weighted by atomic mass is 10.1. The van der Waals surface area contributed by atoms with E-state index in [0.29, 0.717) is 22.8 Å². The van der Waals surface area contributed by atoms with Crippen LogP contribution in [-0.4, -0.2) is 22.0 Å². The van der Waals surface area contributed by atoms with Gasteiger partial charge in [-0.25, -0.2) is 0 Å². The fraction of sp³-hybridized carbons (Fsp3) is 0.238. The van der Waals surface area contributed by atoms with Gasteiger partial charge in [0.15, 0.2) is 0 Å². The van der Waals surface area contributed by atoms with Gasteiger partial charge in [-0.3, -0.25) is 9.59 Å². The Balaban J connectivity index is 1.61. The van der Waals surface area contributed by atoms with Gasteiger partial charge in [-0.1, -0.05) is 55.5 Å². The molecule has 0 bridgehead atoms. The Morgan fingerprint density at radius 2 is 1.68 bits per heavy atom. The van der Waals surface area contributed by atoms with Crippen molar-refractivity contribution < 1.29 is 9.59 Å². The molecule has 0 saturated carbocycles. The maximum atomic E-state index is 12.4. The van der Waals surface area contributed by atoms with Gasteiger partial charge in [-0.2, -0.15) is 0 Å². The molecule has 2 amide bonds. The highest BCUT2D eigenvalue weighted by Gasteiger charge is 2.13. The Morgan fingerprint density at radius 1 is 0.929 bits per heavy atom. The quantitative estimate of drug-likeness (QED) is 0.638. The van der Waals surface area contributed by atoms with Crippen LogP contribution < -0.4 is 10.6 Å². The first-order valence-electron chi connectivity index (χ1n) is 9.18. The zero-order chi connectivity index (χ0) is 19.9. The van der Waals surface area contributed by atoms with E-state index in [9.17, 15) is 9.59 Å². The lowest BCUT2D eigenvalue weighted by Gasteiger charge is -2.08. The van der Waals surface area contributed by atoms with E-state index in [4.69, 9.17) is 0 Å². The molecular formula is C21H22N4O2S. The second-order valence-corrected chi connectivity index (χ2v) is 7.30. The number of carbonyl (C=O) groups is 2. The van der Waals surface area contributed by atoms with Crippen LogP contribution in [0.4, 0.5) is 5.69 Å². The second kappa shape index (κ2) is 9.23. The zero-order valence-electron chi connectivity index (χ0n) is 15.9. The van der Waals surface area contributed by atoms with Crippen molar-refractivity contribution >= 4 is 28.8 Å². The monoisotopic (exact) mass is 394 g/mol. The van der Waals surface area contributed by atoms with E-state index in [1.165, 1.54) is 16.9 Å². The number of aryl methyl sites for hydroxylation is 2. The van der Waals surface area contributed by atoms with Crippen molar-refractivity contribution in [1.29, 1.82) is 0 Å². The summed E-state index contributed by atoms with van der Waals surface area (Å²) in [7, 11) is 0. The molecule has 3 aromatic rings. The Labute approximate surface area is 168 Å². The SMILES string of the molecule is CCc1ccc(CNC(=O)c2cccc(NC(=O)c3nnc(CC)s3)c2)cc1. The first-order valence-corrected chi connectivity index (χ1v) is 10.0. The third-order valence-corrected chi connectivity index (χ3v) is 5.30. The predicted octanol–water partition coefficient (Wildman–Crippen LogP) is 3.85. The molecule has 144 valence electrons. The van der Waals surface area contributed by atoms with Gasteiger partial charge in [-0.05, 0) is 42.2 Å². The summed E-state index contributed by atoms with van der Waals surface area (Å²) in [4.78, 5) is 24.7. The van der Waals surface area contributed by atoms with Crippen LogP contribution in [0.5, 0.6) is 0 Å². The number of amides is 2. The molecule has 0 saturated heterocycles. The van der Waals surface area contributed by atoms with Gasteiger partial charge in [0, 0.05) is 17.8 Å². The number of anilines is 1. The number of nitrogens with one attached hydrogen (secondary N) is 2. The van der Waals surface area contributed by atoms with E-state index in [-0.39, 0.29) is 11.8 Å². The Bertz CT molecular complexity index is 967. The molecular weight excluding hydrogens is 372 g/mol. The number of aromatic nitrogens is 2. The number of nitrogens with zero attached hydrogens (tertiary/aromatic N) is 2. The smallest absolute Gasteiger partial charge is 0.286 e. The maximum Gasteiger partial charge on any atom is 0.286 e. The molecule has 0 spiro atoms. The summed E-state index contributed by atoms with van der Waals surface area (Å²) in [5.74, 6) is -0.523. The van der Waals surface area contributed by atoms with Crippen LogP contribution in [-0.2, 0) is 19.4 Å². The molecule has 3 rings (SSSR count). The summed E-state index contributed by atoms with van der Waals surface area (Å²) in [6, 6.07) is 15.0. The summed E-state index contributed by atoms with van der Waals surface area (Å²) >= 11 is 1.27. The maximum absolute atomic E-state index is 12.4. The van der Waals surface area contributed by atoms with Gasteiger partial charge < -0.3 is 10.6 Å². The van der Waals surface area contributed by atoms with Crippen LogP contribution in [0, 0.1) is 0 Å². The number of rotatable bonds is 7. The average molecular weight is 395 g/mol. The first kappa shape index (κ1) is 19.7. The van der Waals surface area contributed by atoms with Crippen LogP contribution in [0.3, 0.4) is 0 Å². The van der Waals surface area contributed by atoms with Crippen molar-refractivity contribution in [2.45, 2.75) is 33.2 Å². The highest BCUT2D eigenvalue weighted by atomic mass is 32.1. The van der Waals surface area contributed by atoms with Crippen molar-refractivity contribution in [3.05, 3.63) is 75.2 Å². The van der Waals surface area contributed by atoms with Gasteiger partial charge in [-0.15, -0.1) is 10.2 Å². The summed E-state index contributed by atoms with van der Waals surface area (Å²) in [6.45, 7) is 4.52. The van der Waals surface area contributed by atoms with E-state index in [1.54, 1.807) is 24.3 Å². The van der Waals surface area contributed by atoms with Gasteiger partial charge >= 0.3 is 0 Å². The molecule has 1 heterocycles. The van der Waals surface area contributed by atoms with Crippen LogP contribution in [0.2, 0.25) is 0 Å². The van der Waals surface area contributed by atoms with Gasteiger partial charge in [0.2, 0.25) is 5.01 Å². The van der Waals surface area contributed by atoms with Crippen molar-refractivity contribution in [3.63, 3.8) is 0 Å². The normalized spacial score (nSPS) is 10.5. The highest BCUT2D eigenvalue weighted by molar-refractivity contribution is 7.13. The lowest BCUT2D eigenvalue weighted by Crippen LogP contribution is -2.23. The van der Waals surface area contributed by atoms with Crippen LogP contribution in [0.15, 0.2) is 48.5 Å². The van der Waals surface area contributed by atoms with E-state index in [2.05, 4.69) is 39.9 Å². The van der Waals surface area contributed by atoms with E-state index in [0.717, 1.165) is 23.4 Å². The molecule has 0 fully saturated rings. The van der Waals surface area contributed by atoms with Gasteiger partial charge in [0.1, 0.15) is 5.01 Å². The number of benzene rings is 2. The summed E-state index contributed by atoms with van der Waals surface area (Å²) in [5.41, 5.74) is 3.32. The van der Waals surface area contributed by atoms with Gasteiger partial charge in [0.05, 0.1) is 0 Å². The molecule has 0 radical (unpaired) electrons. The van der Waals surface area contributed by atoms with E-state index >= 15 is 0 Å². The first-order chi connectivity index (χ1) is 13.6. The minimum absolute atomic E-state index is 0.195. The van der Waals surface area contributed by atoms with Crippen molar-refractivity contribution in [2.75, 3.05) is 5.32 Å².